The number of benzene rings is 1. The molecule has 0 fully saturated rings. The smallest absolute Gasteiger partial charge is 0.299 e. The van der Waals surface area contributed by atoms with Crippen molar-refractivity contribution in [1.29, 1.82) is 0 Å². The van der Waals surface area contributed by atoms with Gasteiger partial charge in [0.25, 0.3) is 11.7 Å². The Morgan fingerprint density at radius 3 is 2.80 bits per heavy atom. The normalized spacial score (nSPS) is 14.0. The largest absolute Gasteiger partial charge is 0.338 e. The second-order valence-electron chi connectivity index (χ2n) is 4.65. The minimum absolute atomic E-state index is 0.134. The van der Waals surface area contributed by atoms with Gasteiger partial charge in [-0.3, -0.25) is 9.59 Å². The first-order valence-electron chi connectivity index (χ1n) is 6.20. The van der Waals surface area contributed by atoms with E-state index in [9.17, 15) is 14.0 Å². The van der Waals surface area contributed by atoms with Crippen LogP contribution in [-0.4, -0.2) is 27.8 Å². The van der Waals surface area contributed by atoms with Crippen LogP contribution in [0.25, 0.3) is 0 Å². The average molecular weight is 273 g/mol. The number of carbonyl (C=O) groups excluding carboxylic acids is 2. The lowest BCUT2D eigenvalue weighted by atomic mass is 10.1. The van der Waals surface area contributed by atoms with Crippen LogP contribution >= 0.6 is 0 Å². The highest BCUT2D eigenvalue weighted by Gasteiger charge is 2.35. The van der Waals surface area contributed by atoms with E-state index in [0.717, 1.165) is 11.9 Å². The van der Waals surface area contributed by atoms with E-state index >= 15 is 0 Å². The fourth-order valence-corrected chi connectivity index (χ4v) is 2.34. The molecule has 1 amide bonds. The third kappa shape index (κ3) is 1.89. The number of aryl methyl sites for hydroxylation is 1. The van der Waals surface area contributed by atoms with E-state index in [1.165, 1.54) is 17.0 Å². The Labute approximate surface area is 114 Å². The number of amides is 1. The first-order valence-corrected chi connectivity index (χ1v) is 6.20. The van der Waals surface area contributed by atoms with Gasteiger partial charge < -0.3 is 9.47 Å². The zero-order valence-corrected chi connectivity index (χ0v) is 10.8. The zero-order valence-electron chi connectivity index (χ0n) is 10.8. The molecule has 1 aliphatic heterocycles. The van der Waals surface area contributed by atoms with Crippen LogP contribution in [0, 0.1) is 5.82 Å². The number of fused-ring (bicyclic) bond motifs is 1. The summed E-state index contributed by atoms with van der Waals surface area (Å²) in [6.45, 7) is 0.341. The van der Waals surface area contributed by atoms with Gasteiger partial charge in [-0.2, -0.15) is 0 Å². The number of hydrogen-bond donors (Lipinski definition) is 0. The molecule has 3 rings (SSSR count). The Morgan fingerprint density at radius 1 is 1.30 bits per heavy atom. The maximum Gasteiger partial charge on any atom is 0.299 e. The number of hydrogen-bond acceptors (Lipinski definition) is 3. The molecule has 1 aromatic heterocycles. The third-order valence-corrected chi connectivity index (χ3v) is 3.41. The van der Waals surface area contributed by atoms with E-state index in [-0.39, 0.29) is 5.56 Å². The summed E-state index contributed by atoms with van der Waals surface area (Å²) < 4.78 is 15.0. The molecule has 0 N–H and O–H groups in total. The maximum atomic E-state index is 13.2. The molecular formula is C14H12FN3O2. The first-order chi connectivity index (χ1) is 9.58. The van der Waals surface area contributed by atoms with Crippen LogP contribution in [0.4, 0.5) is 10.1 Å². The number of Topliss-reactive ketones (excluding diaryl/α,β-unsaturated/α-hetero) is 1. The molecule has 0 atom stereocenters. The molecule has 2 aromatic rings. The minimum Gasteiger partial charge on any atom is -0.338 e. The number of imidazole rings is 1. The highest BCUT2D eigenvalue weighted by Crippen LogP contribution is 2.29. The standard InChI is InChI=1S/C14H12FN3O2/c1-17-7-5-16-12(17)4-6-18-11-3-2-9(15)8-10(11)13(19)14(18)20/h2-3,5,7-8H,4,6H2,1H3. The molecule has 0 saturated heterocycles. The maximum absolute atomic E-state index is 13.2. The quantitative estimate of drug-likeness (QED) is 0.793. The fourth-order valence-electron chi connectivity index (χ4n) is 2.34. The summed E-state index contributed by atoms with van der Waals surface area (Å²) in [5.41, 5.74) is 0.602. The number of ketones is 1. The molecule has 0 bridgehead atoms. The van der Waals surface area contributed by atoms with Gasteiger partial charge >= 0.3 is 0 Å². The molecule has 0 aliphatic carbocycles. The van der Waals surface area contributed by atoms with Crippen molar-refractivity contribution in [3.05, 3.63) is 47.8 Å². The van der Waals surface area contributed by atoms with Crippen LogP contribution in [0.5, 0.6) is 0 Å². The van der Waals surface area contributed by atoms with Crippen molar-refractivity contribution >= 4 is 17.4 Å². The van der Waals surface area contributed by atoms with Crippen LogP contribution in [0.2, 0.25) is 0 Å². The van der Waals surface area contributed by atoms with Crippen molar-refractivity contribution < 1.29 is 14.0 Å². The van der Waals surface area contributed by atoms with Crippen LogP contribution in [-0.2, 0) is 18.3 Å². The van der Waals surface area contributed by atoms with E-state index in [1.54, 1.807) is 6.20 Å². The summed E-state index contributed by atoms with van der Waals surface area (Å²) in [5.74, 6) is -0.962. The van der Waals surface area contributed by atoms with Gasteiger partial charge in [-0.25, -0.2) is 9.37 Å². The molecule has 2 heterocycles. The molecule has 1 aromatic carbocycles. The fraction of sp³-hybridized carbons (Fsp3) is 0.214. The van der Waals surface area contributed by atoms with Crippen LogP contribution in [0.1, 0.15) is 16.2 Å². The summed E-state index contributed by atoms with van der Waals surface area (Å²) in [4.78, 5) is 29.3. The Bertz CT molecular complexity index is 708. The Kier molecular flexibility index (Phi) is 2.85. The van der Waals surface area contributed by atoms with Crippen molar-refractivity contribution in [3.63, 3.8) is 0 Å². The topological polar surface area (TPSA) is 55.2 Å². The minimum atomic E-state index is -0.653. The van der Waals surface area contributed by atoms with Gasteiger partial charge in [-0.05, 0) is 18.2 Å². The van der Waals surface area contributed by atoms with E-state index in [4.69, 9.17) is 0 Å². The summed E-state index contributed by atoms with van der Waals surface area (Å²) in [5, 5.41) is 0. The zero-order chi connectivity index (χ0) is 14.3. The van der Waals surface area contributed by atoms with Crippen molar-refractivity contribution in [2.75, 3.05) is 11.4 Å². The van der Waals surface area contributed by atoms with Crippen LogP contribution in [0.15, 0.2) is 30.6 Å². The Morgan fingerprint density at radius 2 is 2.10 bits per heavy atom. The van der Waals surface area contributed by atoms with Gasteiger partial charge in [-0.15, -0.1) is 0 Å². The SMILES string of the molecule is Cn1ccnc1CCN1C(=O)C(=O)c2cc(F)ccc21. The lowest BCUT2D eigenvalue weighted by Gasteiger charge is -2.16. The van der Waals surface area contributed by atoms with E-state index < -0.39 is 17.5 Å². The second-order valence-corrected chi connectivity index (χ2v) is 4.65. The van der Waals surface area contributed by atoms with E-state index in [2.05, 4.69) is 4.98 Å². The summed E-state index contributed by atoms with van der Waals surface area (Å²) in [6, 6.07) is 3.82. The Hall–Kier alpha value is -2.50. The molecule has 6 heteroatoms. The molecule has 0 saturated carbocycles. The van der Waals surface area contributed by atoms with Gasteiger partial charge in [0.05, 0.1) is 11.3 Å². The lowest BCUT2D eigenvalue weighted by molar-refractivity contribution is -0.114. The summed E-state index contributed by atoms with van der Waals surface area (Å²) in [7, 11) is 1.86. The van der Waals surface area contributed by atoms with Crippen molar-refractivity contribution in [2.45, 2.75) is 6.42 Å². The molecule has 0 spiro atoms. The highest BCUT2D eigenvalue weighted by atomic mass is 19.1. The van der Waals surface area contributed by atoms with Gasteiger partial charge in [0, 0.05) is 32.4 Å². The summed E-state index contributed by atoms with van der Waals surface area (Å²) in [6.07, 6.45) is 4.02. The highest BCUT2D eigenvalue weighted by molar-refractivity contribution is 6.52. The number of anilines is 1. The number of aromatic nitrogens is 2. The van der Waals surface area contributed by atoms with Crippen molar-refractivity contribution in [2.24, 2.45) is 7.05 Å². The third-order valence-electron chi connectivity index (χ3n) is 3.41. The molecule has 20 heavy (non-hydrogen) atoms. The predicted molar refractivity (Wildman–Crippen MR) is 70.0 cm³/mol. The molecule has 1 aliphatic rings. The van der Waals surface area contributed by atoms with Crippen molar-refractivity contribution in [3.8, 4) is 0 Å². The average Bonchev–Trinajstić information content (AvgIpc) is 2.93. The molecule has 0 unspecified atom stereocenters. The molecule has 102 valence electrons. The second kappa shape index (κ2) is 4.56. The van der Waals surface area contributed by atoms with Crippen molar-refractivity contribution in [1.82, 2.24) is 9.55 Å². The Balaban J connectivity index is 1.86. The van der Waals surface area contributed by atoms with Gasteiger partial charge in [0.1, 0.15) is 11.6 Å². The number of rotatable bonds is 3. The van der Waals surface area contributed by atoms with Gasteiger partial charge in [-0.1, -0.05) is 0 Å². The number of halogens is 1. The molecule has 0 radical (unpaired) electrons. The predicted octanol–water partition coefficient (Wildman–Crippen LogP) is 1.33. The number of nitrogens with zero attached hydrogens (tertiary/aromatic N) is 3. The van der Waals surface area contributed by atoms with Gasteiger partial charge in [0.15, 0.2) is 0 Å². The lowest BCUT2D eigenvalue weighted by Crippen LogP contribution is -2.32. The van der Waals surface area contributed by atoms with E-state index in [0.29, 0.717) is 18.7 Å². The van der Waals surface area contributed by atoms with E-state index in [1.807, 2.05) is 17.8 Å². The monoisotopic (exact) mass is 273 g/mol. The number of carbonyl (C=O) groups is 2. The molecular weight excluding hydrogens is 261 g/mol. The summed E-state index contributed by atoms with van der Waals surface area (Å²) >= 11 is 0. The molecule has 5 nitrogen and oxygen atoms in total. The van der Waals surface area contributed by atoms with Crippen LogP contribution in [0.3, 0.4) is 0 Å². The van der Waals surface area contributed by atoms with Crippen LogP contribution < -0.4 is 4.90 Å². The first kappa shape index (κ1) is 12.5. The van der Waals surface area contributed by atoms with Gasteiger partial charge in [0.2, 0.25) is 0 Å².